The fourth-order valence-electron chi connectivity index (χ4n) is 4.19. The molecule has 0 fully saturated rings. The maximum atomic E-state index is 13.3. The number of amides is 1. The molecule has 0 aliphatic carbocycles. The molecule has 26 heteroatoms. The number of aliphatic hydroxyl groups is 1. The van der Waals surface area contributed by atoms with Crippen LogP contribution in [-0.4, -0.2) is 80.5 Å². The van der Waals surface area contributed by atoms with Crippen LogP contribution in [0, 0.1) is 5.92 Å². The molecule has 0 spiro atoms. The Labute approximate surface area is 439 Å². The van der Waals surface area contributed by atoms with Crippen molar-refractivity contribution in [1.29, 1.82) is 0 Å². The van der Waals surface area contributed by atoms with E-state index in [-0.39, 0.29) is 223 Å². The Hall–Kier alpha value is 2.94. The molecule has 1 amide bonds. The Morgan fingerprint density at radius 2 is 1.13 bits per heavy atom. The second-order valence-corrected chi connectivity index (χ2v) is 14.4. The van der Waals surface area contributed by atoms with Gasteiger partial charge >= 0.3 is 206 Å². The van der Waals surface area contributed by atoms with Crippen LogP contribution in [-0.2, 0) is 45.3 Å². The Balaban J connectivity index is 0.00000529. The van der Waals surface area contributed by atoms with E-state index in [0.717, 1.165) is 6.08 Å². The number of rotatable bonds is 7. The van der Waals surface area contributed by atoms with Gasteiger partial charge in [-0.25, -0.2) is 38.7 Å². The zero-order valence-corrected chi connectivity index (χ0v) is 41.1. The van der Waals surface area contributed by atoms with Crippen molar-refractivity contribution < 1.29 is 267 Å². The number of aliphatic hydroxyl groups excluding tert-OH is 1. The predicted octanol–water partition coefficient (Wildman–Crippen LogP) is -13.2. The van der Waals surface area contributed by atoms with Gasteiger partial charge in [0.2, 0.25) is 0 Å². The van der Waals surface area contributed by atoms with E-state index in [1.165, 1.54) is 13.8 Å². The average Bonchev–Trinajstić information content (AvgIpc) is 3.30. The van der Waals surface area contributed by atoms with Gasteiger partial charge in [-0.3, -0.25) is 4.79 Å². The van der Waals surface area contributed by atoms with Gasteiger partial charge in [0, 0.05) is 5.71 Å². The van der Waals surface area contributed by atoms with E-state index in [4.69, 9.17) is 0 Å². The molecular formula is C21H16K4N4O14S4. The number of nitrogens with zero attached hydrogens (tertiary/aromatic N) is 4. The molecule has 0 bridgehead atoms. The standard InChI is InChI=1S/C21H20N4O14S4.4K/c1-10-14(20(26)24(22-10)16-7-12(40(28,29)30)3-5-18(16)42(34,35)36)9-15-11(2)23-25(21(15)27)17-8-13(41(31,32)33)4-6-19(17)43(37,38)39;;;;/h3-9,14,20,26H,1-2H3,(H,28,29,30)(H,31,32,33)(H,34,35,36)(H,37,38,39);;;;/q;4*+1/p-4. The van der Waals surface area contributed by atoms with Gasteiger partial charge in [0.15, 0.2) is 6.23 Å². The number of hydrogen-bond donors (Lipinski definition) is 1. The number of carbonyl (C=O) groups is 1. The van der Waals surface area contributed by atoms with Crippen LogP contribution in [0.15, 0.2) is 77.8 Å². The third-order valence-corrected chi connectivity index (χ3v) is 9.61. The van der Waals surface area contributed by atoms with Crippen molar-refractivity contribution in [1.82, 2.24) is 0 Å². The van der Waals surface area contributed by atoms with Crippen LogP contribution in [0.4, 0.5) is 11.4 Å². The zero-order chi connectivity index (χ0) is 32.4. The van der Waals surface area contributed by atoms with E-state index >= 15 is 0 Å². The topological polar surface area (TPSA) is 297 Å². The SMILES string of the molecule is CC1=NN(c2cc(S(=O)(=O)[O-])ccc2S(=O)(=O)[O-])C(=O)C1=CC1C(C)=NN(c2cc(S(=O)(=O)[O-])ccc2S(=O)(=O)[O-])C1O.[K+].[K+].[K+].[K+]. The Kier molecular flexibility index (Phi) is 19.7. The first-order valence-corrected chi connectivity index (χ1v) is 16.9. The predicted molar refractivity (Wildman–Crippen MR) is 138 cm³/mol. The zero-order valence-electron chi connectivity index (χ0n) is 25.4. The summed E-state index contributed by atoms with van der Waals surface area (Å²) in [5.41, 5.74) is -2.18. The van der Waals surface area contributed by atoms with Crippen LogP contribution in [0.1, 0.15) is 13.8 Å². The second kappa shape index (κ2) is 18.5. The summed E-state index contributed by atoms with van der Waals surface area (Å²) in [5.74, 6) is -2.46. The van der Waals surface area contributed by atoms with Crippen molar-refractivity contribution in [2.45, 2.75) is 39.7 Å². The number of anilines is 2. The summed E-state index contributed by atoms with van der Waals surface area (Å²) >= 11 is 0. The van der Waals surface area contributed by atoms with E-state index in [1.807, 2.05) is 0 Å². The fraction of sp³-hybridized carbons (Fsp3) is 0.190. The van der Waals surface area contributed by atoms with E-state index < -0.39 is 89.5 Å². The molecule has 2 aromatic rings. The molecule has 2 unspecified atom stereocenters. The van der Waals surface area contributed by atoms with E-state index in [1.54, 1.807) is 0 Å². The van der Waals surface area contributed by atoms with Gasteiger partial charge in [0.1, 0.15) is 40.5 Å². The minimum Gasteiger partial charge on any atom is -0.744 e. The number of carbonyl (C=O) groups excluding carboxylic acids is 1. The maximum absolute atomic E-state index is 13.3. The van der Waals surface area contributed by atoms with Crippen LogP contribution in [0.2, 0.25) is 0 Å². The normalized spacial score (nSPS) is 19.2. The third-order valence-electron chi connectivity index (χ3n) is 6.18. The average molecular weight is 833 g/mol. The summed E-state index contributed by atoms with van der Waals surface area (Å²) < 4.78 is 140. The van der Waals surface area contributed by atoms with Gasteiger partial charge in [-0.05, 0) is 50.2 Å². The Bertz CT molecular complexity index is 2120. The first-order valence-electron chi connectivity index (χ1n) is 11.3. The van der Waals surface area contributed by atoms with Crippen molar-refractivity contribution >= 4 is 69.2 Å². The molecule has 2 aliphatic rings. The number of hydrogen-bond acceptors (Lipinski definition) is 17. The van der Waals surface area contributed by atoms with Crippen LogP contribution < -0.4 is 216 Å². The first-order chi connectivity index (χ1) is 19.5. The molecule has 232 valence electrons. The van der Waals surface area contributed by atoms with Gasteiger partial charge in [-0.2, -0.15) is 15.2 Å². The van der Waals surface area contributed by atoms with Gasteiger partial charge < -0.3 is 23.3 Å². The van der Waals surface area contributed by atoms with Gasteiger partial charge in [0.05, 0.1) is 48.2 Å². The van der Waals surface area contributed by atoms with E-state index in [9.17, 15) is 61.8 Å². The molecule has 2 heterocycles. The Morgan fingerprint density at radius 3 is 1.55 bits per heavy atom. The molecule has 18 nitrogen and oxygen atoms in total. The summed E-state index contributed by atoms with van der Waals surface area (Å²) in [5, 5.41) is 19.7. The Morgan fingerprint density at radius 1 is 0.702 bits per heavy atom. The molecule has 47 heavy (non-hydrogen) atoms. The molecular weight excluding hydrogens is 817 g/mol. The molecule has 0 saturated heterocycles. The first kappa shape index (κ1) is 49.9. The number of benzene rings is 2. The van der Waals surface area contributed by atoms with Crippen LogP contribution >= 0.6 is 0 Å². The molecule has 4 rings (SSSR count). The maximum Gasteiger partial charge on any atom is 1.00 e. The van der Waals surface area contributed by atoms with Crippen molar-refractivity contribution in [3.8, 4) is 0 Å². The summed E-state index contributed by atoms with van der Waals surface area (Å²) in [6, 6.07) is 3.15. The summed E-state index contributed by atoms with van der Waals surface area (Å²) in [6.07, 6.45) is -0.872. The van der Waals surface area contributed by atoms with Crippen LogP contribution in [0.3, 0.4) is 0 Å². The van der Waals surface area contributed by atoms with Crippen LogP contribution in [0.5, 0.6) is 0 Å². The van der Waals surface area contributed by atoms with E-state index in [0.29, 0.717) is 46.4 Å². The van der Waals surface area contributed by atoms with Crippen molar-refractivity contribution in [3.05, 3.63) is 48.0 Å². The second-order valence-electron chi connectivity index (χ2n) is 8.98. The van der Waals surface area contributed by atoms with Crippen LogP contribution in [0.25, 0.3) is 0 Å². The third kappa shape index (κ3) is 11.5. The molecule has 2 aromatic carbocycles. The molecule has 0 radical (unpaired) electrons. The minimum absolute atomic E-state index is 0. The molecule has 2 atom stereocenters. The van der Waals surface area contributed by atoms with Crippen molar-refractivity contribution in [2.24, 2.45) is 16.1 Å². The number of hydrazone groups is 2. The van der Waals surface area contributed by atoms with E-state index in [2.05, 4.69) is 10.2 Å². The molecule has 0 saturated carbocycles. The monoisotopic (exact) mass is 832 g/mol. The van der Waals surface area contributed by atoms with Crippen molar-refractivity contribution in [2.75, 3.05) is 10.0 Å². The fourth-order valence-corrected chi connectivity index (χ4v) is 6.45. The smallest absolute Gasteiger partial charge is 0.744 e. The molecule has 2 aliphatic heterocycles. The largest absolute Gasteiger partial charge is 1.00 e. The van der Waals surface area contributed by atoms with Gasteiger partial charge in [-0.1, -0.05) is 6.08 Å². The molecule has 0 aromatic heterocycles. The van der Waals surface area contributed by atoms with Gasteiger partial charge in [0.25, 0.3) is 5.91 Å². The molecule has 1 N–H and O–H groups in total. The van der Waals surface area contributed by atoms with Crippen molar-refractivity contribution in [3.63, 3.8) is 0 Å². The summed E-state index contributed by atoms with van der Waals surface area (Å²) in [7, 11) is -21.0. The minimum atomic E-state index is -5.33. The van der Waals surface area contributed by atoms with Gasteiger partial charge in [-0.15, -0.1) is 0 Å². The quantitative estimate of drug-likeness (QED) is 0.154. The summed E-state index contributed by atoms with van der Waals surface area (Å²) in [4.78, 5) is 9.25. The summed E-state index contributed by atoms with van der Waals surface area (Å²) in [6.45, 7) is 2.53.